The number of hydrogen-bond acceptors (Lipinski definition) is 4. The van der Waals surface area contributed by atoms with Crippen molar-refractivity contribution in [1.82, 2.24) is 15.1 Å². The lowest BCUT2D eigenvalue weighted by molar-refractivity contribution is -0.133. The third kappa shape index (κ3) is 4.92. The average molecular weight is 366 g/mol. The summed E-state index contributed by atoms with van der Waals surface area (Å²) < 4.78 is 26.4. The summed E-state index contributed by atoms with van der Waals surface area (Å²) in [5.41, 5.74) is 0.551. The van der Waals surface area contributed by atoms with Crippen molar-refractivity contribution >= 4 is 11.6 Å². The molecule has 2 aliphatic heterocycles. The number of benzene rings is 1. The van der Waals surface area contributed by atoms with E-state index in [1.807, 2.05) is 11.9 Å². The molecule has 7 heteroatoms. The first kappa shape index (κ1) is 19.0. The Hall–Kier alpha value is -1.73. The van der Waals surface area contributed by atoms with Crippen LogP contribution in [0.15, 0.2) is 18.2 Å². The number of piperidine rings is 2. The molecule has 2 N–H and O–H groups in total. The molecule has 144 valence electrons. The van der Waals surface area contributed by atoms with E-state index in [1.165, 1.54) is 12.1 Å². The van der Waals surface area contributed by atoms with Crippen molar-refractivity contribution < 1.29 is 13.6 Å². The van der Waals surface area contributed by atoms with Gasteiger partial charge in [0.15, 0.2) is 11.6 Å². The predicted molar refractivity (Wildman–Crippen MR) is 98.1 cm³/mol. The number of likely N-dealkylation sites (N-methyl/N-ethyl adjacent to an activating group) is 1. The van der Waals surface area contributed by atoms with Gasteiger partial charge in [-0.05, 0) is 58.0 Å². The Kier molecular flexibility index (Phi) is 6.43. The molecule has 1 amide bonds. The monoisotopic (exact) mass is 366 g/mol. The zero-order valence-corrected chi connectivity index (χ0v) is 15.3. The second-order valence-corrected chi connectivity index (χ2v) is 7.35. The van der Waals surface area contributed by atoms with E-state index in [1.54, 1.807) is 0 Å². The summed E-state index contributed by atoms with van der Waals surface area (Å²) in [4.78, 5) is 16.7. The van der Waals surface area contributed by atoms with Crippen LogP contribution in [-0.2, 0) is 4.79 Å². The lowest BCUT2D eigenvalue weighted by Crippen LogP contribution is -2.50. The molecule has 0 saturated carbocycles. The van der Waals surface area contributed by atoms with Crippen molar-refractivity contribution in [2.45, 2.75) is 37.8 Å². The Bertz CT molecular complexity index is 622. The van der Waals surface area contributed by atoms with Gasteiger partial charge in [0.05, 0.1) is 6.54 Å². The van der Waals surface area contributed by atoms with Gasteiger partial charge < -0.3 is 15.5 Å². The molecule has 1 aromatic carbocycles. The fraction of sp³-hybridized carbons (Fsp3) is 0.632. The molecule has 2 heterocycles. The topological polar surface area (TPSA) is 47.6 Å². The van der Waals surface area contributed by atoms with E-state index in [4.69, 9.17) is 0 Å². The number of nitrogens with zero attached hydrogens (tertiary/aromatic N) is 2. The van der Waals surface area contributed by atoms with E-state index in [2.05, 4.69) is 15.5 Å². The normalized spacial score (nSPS) is 21.8. The number of anilines is 1. The van der Waals surface area contributed by atoms with Crippen LogP contribution in [0, 0.1) is 11.6 Å². The highest BCUT2D eigenvalue weighted by molar-refractivity contribution is 5.78. The van der Waals surface area contributed by atoms with E-state index in [0.717, 1.165) is 51.4 Å². The smallest absolute Gasteiger partial charge is 0.236 e. The van der Waals surface area contributed by atoms with Gasteiger partial charge in [-0.2, -0.15) is 0 Å². The maximum Gasteiger partial charge on any atom is 0.236 e. The van der Waals surface area contributed by atoms with Crippen molar-refractivity contribution in [3.05, 3.63) is 29.8 Å². The van der Waals surface area contributed by atoms with E-state index < -0.39 is 11.6 Å². The minimum atomic E-state index is -0.859. The number of hydrogen-bond donors (Lipinski definition) is 2. The van der Waals surface area contributed by atoms with Gasteiger partial charge in [-0.25, -0.2) is 8.78 Å². The van der Waals surface area contributed by atoms with Crippen LogP contribution in [-0.4, -0.2) is 67.6 Å². The van der Waals surface area contributed by atoms with E-state index in [0.29, 0.717) is 24.8 Å². The standard InChI is InChI=1S/C19H28F2N4O/c1-24(16-6-8-22-9-7-16)13-19(26)25-10-2-3-15(12-25)23-14-4-5-17(20)18(21)11-14/h4-5,11,15-16,22-23H,2-3,6-10,12-13H2,1H3/t15-/m1/s1. The third-order valence-corrected chi connectivity index (χ3v) is 5.38. The van der Waals surface area contributed by atoms with Crippen LogP contribution in [0.5, 0.6) is 0 Å². The summed E-state index contributed by atoms with van der Waals surface area (Å²) in [6.45, 7) is 3.80. The van der Waals surface area contributed by atoms with Gasteiger partial charge in [-0.1, -0.05) is 0 Å². The Morgan fingerprint density at radius 2 is 2.04 bits per heavy atom. The first-order valence-electron chi connectivity index (χ1n) is 9.43. The molecule has 0 bridgehead atoms. The largest absolute Gasteiger partial charge is 0.380 e. The molecule has 2 fully saturated rings. The van der Waals surface area contributed by atoms with Crippen molar-refractivity contribution in [3.63, 3.8) is 0 Å². The maximum atomic E-state index is 13.4. The summed E-state index contributed by atoms with van der Waals surface area (Å²) >= 11 is 0. The molecule has 3 rings (SSSR count). The van der Waals surface area contributed by atoms with E-state index in [-0.39, 0.29) is 11.9 Å². The number of carbonyl (C=O) groups is 1. The average Bonchev–Trinajstić information content (AvgIpc) is 2.65. The number of carbonyl (C=O) groups excluding carboxylic acids is 1. The zero-order valence-electron chi connectivity index (χ0n) is 15.3. The van der Waals surface area contributed by atoms with E-state index >= 15 is 0 Å². The molecular formula is C19H28F2N4O. The first-order chi connectivity index (χ1) is 12.5. The van der Waals surface area contributed by atoms with Gasteiger partial charge >= 0.3 is 0 Å². The van der Waals surface area contributed by atoms with Crippen LogP contribution in [0.25, 0.3) is 0 Å². The predicted octanol–water partition coefficient (Wildman–Crippen LogP) is 2.05. The number of halogens is 2. The Balaban J connectivity index is 1.52. The fourth-order valence-corrected chi connectivity index (χ4v) is 3.83. The Morgan fingerprint density at radius 1 is 1.27 bits per heavy atom. The zero-order chi connectivity index (χ0) is 18.5. The summed E-state index contributed by atoms with van der Waals surface area (Å²) in [5.74, 6) is -1.57. The summed E-state index contributed by atoms with van der Waals surface area (Å²) in [5, 5.41) is 6.57. The van der Waals surface area contributed by atoms with Crippen LogP contribution in [0.2, 0.25) is 0 Å². The summed E-state index contributed by atoms with van der Waals surface area (Å²) in [6.07, 6.45) is 3.96. The lowest BCUT2D eigenvalue weighted by atomic mass is 10.0. The molecule has 5 nitrogen and oxygen atoms in total. The Labute approximate surface area is 153 Å². The van der Waals surface area contributed by atoms with Gasteiger partial charge in [0.1, 0.15) is 0 Å². The molecule has 0 aliphatic carbocycles. The highest BCUT2D eigenvalue weighted by Gasteiger charge is 2.26. The molecule has 1 atom stereocenters. The molecule has 0 radical (unpaired) electrons. The van der Waals surface area contributed by atoms with Crippen LogP contribution in [0.1, 0.15) is 25.7 Å². The minimum absolute atomic E-state index is 0.0572. The second kappa shape index (κ2) is 8.77. The molecule has 0 spiro atoms. The number of nitrogens with one attached hydrogen (secondary N) is 2. The van der Waals surface area contributed by atoms with Gasteiger partial charge in [-0.3, -0.25) is 9.69 Å². The summed E-state index contributed by atoms with van der Waals surface area (Å²) in [7, 11) is 2.02. The van der Waals surface area contributed by atoms with Crippen LogP contribution in [0.4, 0.5) is 14.5 Å². The number of likely N-dealkylation sites (tertiary alicyclic amines) is 1. The number of amides is 1. The van der Waals surface area contributed by atoms with Gasteiger partial charge in [-0.15, -0.1) is 0 Å². The first-order valence-corrected chi connectivity index (χ1v) is 9.43. The van der Waals surface area contributed by atoms with Crippen LogP contribution >= 0.6 is 0 Å². The highest BCUT2D eigenvalue weighted by Crippen LogP contribution is 2.19. The van der Waals surface area contributed by atoms with Crippen molar-refractivity contribution in [2.75, 3.05) is 45.1 Å². The Morgan fingerprint density at radius 3 is 2.77 bits per heavy atom. The highest BCUT2D eigenvalue weighted by atomic mass is 19.2. The lowest BCUT2D eigenvalue weighted by Gasteiger charge is -2.36. The van der Waals surface area contributed by atoms with Crippen molar-refractivity contribution in [3.8, 4) is 0 Å². The van der Waals surface area contributed by atoms with Crippen LogP contribution < -0.4 is 10.6 Å². The molecule has 2 aliphatic rings. The summed E-state index contributed by atoms with van der Waals surface area (Å²) in [6, 6.07) is 4.34. The molecule has 1 aromatic rings. The molecular weight excluding hydrogens is 338 g/mol. The molecule has 0 unspecified atom stereocenters. The molecule has 26 heavy (non-hydrogen) atoms. The van der Waals surface area contributed by atoms with Crippen molar-refractivity contribution in [1.29, 1.82) is 0 Å². The van der Waals surface area contributed by atoms with Crippen molar-refractivity contribution in [2.24, 2.45) is 0 Å². The molecule has 2 saturated heterocycles. The minimum Gasteiger partial charge on any atom is -0.380 e. The van der Waals surface area contributed by atoms with Crippen LogP contribution in [0.3, 0.4) is 0 Å². The third-order valence-electron chi connectivity index (χ3n) is 5.38. The maximum absolute atomic E-state index is 13.4. The SMILES string of the molecule is CN(CC(=O)N1CCC[C@@H](Nc2ccc(F)c(F)c2)C1)C1CCNCC1. The van der Waals surface area contributed by atoms with Gasteiger partial charge in [0.2, 0.25) is 5.91 Å². The van der Waals surface area contributed by atoms with Gasteiger partial charge in [0.25, 0.3) is 0 Å². The van der Waals surface area contributed by atoms with Gasteiger partial charge in [0, 0.05) is 36.9 Å². The fourth-order valence-electron chi connectivity index (χ4n) is 3.83. The van der Waals surface area contributed by atoms with E-state index in [9.17, 15) is 13.6 Å². The second-order valence-electron chi connectivity index (χ2n) is 7.35. The molecule has 0 aromatic heterocycles. The quantitative estimate of drug-likeness (QED) is 0.837. The number of rotatable bonds is 5.